The van der Waals surface area contributed by atoms with Crippen molar-refractivity contribution in [2.45, 2.75) is 86.0 Å². The number of hydrogen-bond acceptors (Lipinski definition) is 12. The van der Waals surface area contributed by atoms with Gasteiger partial charge in [0, 0.05) is 56.4 Å². The van der Waals surface area contributed by atoms with Crippen LogP contribution in [0.25, 0.3) is 12.2 Å². The largest absolute Gasteiger partial charge is 0.482 e. The van der Waals surface area contributed by atoms with E-state index in [9.17, 15) is 59.5 Å². The number of carbonyl (C=O) groups is 3. The third kappa shape index (κ3) is 15.8. The van der Waals surface area contributed by atoms with Gasteiger partial charge in [-0.2, -0.15) is 0 Å². The van der Waals surface area contributed by atoms with Gasteiger partial charge in [0.1, 0.15) is 73.2 Å². The minimum absolute atomic E-state index is 0.00667. The summed E-state index contributed by atoms with van der Waals surface area (Å²) in [6, 6.07) is 80.5. The number of carbonyl (C=O) groups excluding carboxylic acids is 3. The van der Waals surface area contributed by atoms with Gasteiger partial charge in [0.15, 0.2) is 69.2 Å². The lowest BCUT2D eigenvalue weighted by atomic mass is 9.83. The van der Waals surface area contributed by atoms with Crippen molar-refractivity contribution in [2.75, 3.05) is 35.4 Å². The molecule has 24 rings (SSSR count). The number of aromatic nitrogens is 3. The molecule has 0 fully saturated rings. The van der Waals surface area contributed by atoms with Gasteiger partial charge < -0.3 is 34.3 Å². The number of halogens is 11. The molecule has 4 unspecified atom stereocenters. The van der Waals surface area contributed by atoms with Crippen LogP contribution in [0.1, 0.15) is 132 Å². The summed E-state index contributed by atoms with van der Waals surface area (Å²) >= 11 is 13.6. The lowest BCUT2D eigenvalue weighted by Crippen LogP contribution is -2.62. The highest BCUT2D eigenvalue weighted by atomic mass is 35.5. The van der Waals surface area contributed by atoms with Gasteiger partial charge in [-0.25, -0.2) is 39.5 Å². The second kappa shape index (κ2) is 36.2. The Kier molecular flexibility index (Phi) is 23.4. The zero-order valence-corrected chi connectivity index (χ0v) is 75.7. The molecule has 140 heavy (non-hydrogen) atoms. The molecule has 9 aliphatic rings. The first-order chi connectivity index (χ1) is 67.7. The first-order valence-corrected chi connectivity index (χ1v) is 45.7. The summed E-state index contributed by atoms with van der Waals surface area (Å²) in [6.07, 6.45) is 10.4. The van der Waals surface area contributed by atoms with Crippen LogP contribution in [0.15, 0.2) is 335 Å². The van der Waals surface area contributed by atoms with Crippen molar-refractivity contribution in [3.05, 3.63) is 521 Å². The van der Waals surface area contributed by atoms with Gasteiger partial charge in [0.05, 0.1) is 4.87 Å². The van der Waals surface area contributed by atoms with E-state index in [4.69, 9.17) is 37.4 Å². The highest BCUT2D eigenvalue weighted by molar-refractivity contribution is 6.38. The number of alkyl halides is 2. The zero-order chi connectivity index (χ0) is 96.8. The molecule has 18 nitrogen and oxygen atoms in total. The molecule has 29 heteroatoms. The second-order valence-electron chi connectivity index (χ2n) is 35.4. The van der Waals surface area contributed by atoms with E-state index in [1.165, 1.54) is 129 Å². The smallest absolute Gasteiger partial charge is 0.278 e. The highest BCUT2D eigenvalue weighted by Gasteiger charge is 2.63. The minimum Gasteiger partial charge on any atom is -0.482 e. The van der Waals surface area contributed by atoms with E-state index in [0.717, 1.165) is 61.2 Å². The van der Waals surface area contributed by atoms with E-state index < -0.39 is 90.0 Å². The first-order valence-electron chi connectivity index (χ1n) is 45.0. The molecule has 3 amide bonds. The minimum atomic E-state index is -1.15. The number of rotatable bonds is 17. The molecule has 4 atom stereocenters. The molecule has 6 heterocycles. The van der Waals surface area contributed by atoms with Crippen molar-refractivity contribution in [1.82, 2.24) is 28.7 Å². The number of benzene rings is 12. The van der Waals surface area contributed by atoms with Crippen LogP contribution < -0.4 is 45.9 Å². The number of nitrogens with zero attached hydrogens (tertiary/aromatic N) is 8. The van der Waals surface area contributed by atoms with Crippen LogP contribution in [-0.2, 0) is 81.1 Å². The van der Waals surface area contributed by atoms with Crippen molar-refractivity contribution in [2.24, 2.45) is 0 Å². The monoisotopic (exact) mass is 1920 g/mol. The van der Waals surface area contributed by atoms with Crippen LogP contribution in [0.5, 0.6) is 17.2 Å². The summed E-state index contributed by atoms with van der Waals surface area (Å²) in [6.45, 7) is 0.693. The zero-order valence-electron chi connectivity index (χ0n) is 74.2. The molecule has 700 valence electrons. The number of amides is 3. The fourth-order valence-electron chi connectivity index (χ4n) is 20.9. The molecule has 3 aliphatic heterocycles. The summed E-state index contributed by atoms with van der Waals surface area (Å²) in [5.74, 6) is -8.47. The fraction of sp³-hybridized carbons (Fsp3) is 0.153. The molecule has 0 saturated heterocycles. The topological polar surface area (TPSA) is 173 Å². The Morgan fingerprint density at radius 2 is 0.707 bits per heavy atom. The standard InChI is InChI=1S/2C37H26F3N3O3.C21H18FN3O3.C16H10Cl2F2/c2*38-28-11-6-9-24(15-28)20-41-22-43(42-14-13-33(44)35(34(42)36(41)45)46-21-23-7-2-1-3-8-23)37-27(16-25-10-4-5-12-29(25)37)17-26-18-31(39)32(40)19-30(26)37;22-17-8-4-7-16(11-17)12-24-14-23-25-10-9-18(26)20(19(25)21(24)27)28-13-15-5-2-1-3-6-15;17-15-7-9-3-1-2-4-11(9)16(15,18)12-6-14(20)13(19)5-10(12)8-15/h1-15,17-19H,16,20-22H2;1-16,18-19H,17,20-22H2;1-11,23H,12-14H2;1-6H,7-8H2. The van der Waals surface area contributed by atoms with Gasteiger partial charge in [-0.05, 0) is 210 Å². The van der Waals surface area contributed by atoms with E-state index in [1.54, 1.807) is 45.8 Å². The predicted octanol–water partition coefficient (Wildman–Crippen LogP) is 19.8. The van der Waals surface area contributed by atoms with Crippen LogP contribution >= 0.6 is 23.2 Å². The Morgan fingerprint density at radius 3 is 1.23 bits per heavy atom. The molecule has 0 bridgehead atoms. The summed E-state index contributed by atoms with van der Waals surface area (Å²) < 4.78 is 151. The highest BCUT2D eigenvalue weighted by Crippen LogP contribution is 2.64. The number of nitrogens with one attached hydrogen (secondary N) is 1. The molecule has 6 aliphatic carbocycles. The Balaban J connectivity index is 0.000000116. The summed E-state index contributed by atoms with van der Waals surface area (Å²) in [7, 11) is 0. The van der Waals surface area contributed by atoms with Gasteiger partial charge >= 0.3 is 0 Å². The average molecular weight is 1930 g/mol. The Hall–Kier alpha value is -15.9. The maximum Gasteiger partial charge on any atom is 0.278 e. The number of pyridine rings is 3. The number of fused-ring (bicyclic) bond motifs is 18. The predicted molar refractivity (Wildman–Crippen MR) is 510 cm³/mol. The van der Waals surface area contributed by atoms with Crippen LogP contribution in [0.3, 0.4) is 0 Å². The molecule has 1 N–H and O–H groups in total. The van der Waals surface area contributed by atoms with Crippen LogP contribution in [0.2, 0.25) is 0 Å². The Labute approximate surface area is 805 Å². The molecule has 12 aromatic carbocycles. The molecular formula is C111H80Cl2F9N9O9. The van der Waals surface area contributed by atoms with Crippen molar-refractivity contribution < 1.29 is 68.1 Å². The summed E-state index contributed by atoms with van der Waals surface area (Å²) in [5.41, 5.74) is 14.6. The van der Waals surface area contributed by atoms with Gasteiger partial charge in [-0.1, -0.05) is 212 Å². The normalized spacial score (nSPS) is 18.5. The molecule has 0 saturated carbocycles. The SMILES string of the molecule is Fc1cc2c(cc1F)C1(Cl)c3ccccc3CC1(Cl)C2.O=C1c2c(OCc3ccccc3)c(=O)ccn2N(C23C(=Cc4cc(F)c(F)cc42)Cc2ccccc23)CN1Cc1cccc(F)c1.O=C1c2c(OCc3ccccc3)c(=O)ccn2N(C23C(=Cc4ccccc42)Cc2cc(F)c(F)cc23)CN1Cc1cccc(F)c1.O=C1c2c(OCc3ccccc3)c(=O)ccn2NCN1Cc1cccc(F)c1. The first kappa shape index (κ1) is 90.6. The lowest BCUT2D eigenvalue weighted by molar-refractivity contribution is 0.0642. The summed E-state index contributed by atoms with van der Waals surface area (Å²) in [4.78, 5) is 83.8. The number of ether oxygens (including phenoxy) is 3. The van der Waals surface area contributed by atoms with Crippen molar-refractivity contribution >= 4 is 53.1 Å². The fourth-order valence-corrected chi connectivity index (χ4v) is 21.9. The number of hydrogen-bond donors (Lipinski definition) is 1. The quantitative estimate of drug-likeness (QED) is 0.0676. The Morgan fingerprint density at radius 1 is 0.321 bits per heavy atom. The van der Waals surface area contributed by atoms with Crippen molar-refractivity contribution in [3.63, 3.8) is 0 Å². The molecular weight excluding hydrogens is 1850 g/mol. The van der Waals surface area contributed by atoms with Crippen LogP contribution in [0, 0.1) is 52.4 Å². The van der Waals surface area contributed by atoms with E-state index >= 15 is 8.78 Å². The van der Waals surface area contributed by atoms with Crippen LogP contribution in [-0.4, -0.2) is 71.3 Å². The van der Waals surface area contributed by atoms with Crippen molar-refractivity contribution in [3.8, 4) is 17.2 Å². The second-order valence-corrected chi connectivity index (χ2v) is 36.7. The van der Waals surface area contributed by atoms with Crippen LogP contribution in [0.4, 0.5) is 39.5 Å². The van der Waals surface area contributed by atoms with Gasteiger partial charge in [0.2, 0.25) is 16.3 Å². The molecule has 0 spiro atoms. The van der Waals surface area contributed by atoms with E-state index in [2.05, 4.69) is 5.43 Å². The van der Waals surface area contributed by atoms with Gasteiger partial charge in [-0.15, -0.1) is 23.2 Å². The van der Waals surface area contributed by atoms with E-state index in [1.807, 2.05) is 186 Å². The third-order valence-corrected chi connectivity index (χ3v) is 28.4. The van der Waals surface area contributed by atoms with E-state index in [0.29, 0.717) is 75.8 Å². The van der Waals surface area contributed by atoms with Crippen molar-refractivity contribution in [1.29, 1.82) is 0 Å². The van der Waals surface area contributed by atoms with Gasteiger partial charge in [-0.3, -0.25) is 52.8 Å². The van der Waals surface area contributed by atoms with Gasteiger partial charge in [0.25, 0.3) is 17.7 Å². The molecule has 3 aromatic heterocycles. The molecule has 15 aromatic rings. The Bertz CT molecular complexity index is 7670. The maximum absolute atomic E-state index is 15.1. The maximum atomic E-state index is 15.1. The van der Waals surface area contributed by atoms with E-state index in [-0.39, 0.29) is 111 Å². The lowest BCUT2D eigenvalue weighted by Gasteiger charge is -2.49. The third-order valence-electron chi connectivity index (χ3n) is 27.0. The average Bonchev–Trinajstić information content (AvgIpc) is 1.52. The molecule has 0 radical (unpaired) electrons. The summed E-state index contributed by atoms with van der Waals surface area (Å²) in [5, 5.41) is 3.80.